The Hall–Kier alpha value is -2.79. The summed E-state index contributed by atoms with van der Waals surface area (Å²) in [7, 11) is 1.56. The van der Waals surface area contributed by atoms with Crippen molar-refractivity contribution in [2.45, 2.75) is 13.0 Å². The van der Waals surface area contributed by atoms with Crippen LogP contribution in [0.5, 0.6) is 5.75 Å². The minimum Gasteiger partial charge on any atom is -0.497 e. The second-order valence-corrected chi connectivity index (χ2v) is 6.65. The summed E-state index contributed by atoms with van der Waals surface area (Å²) >= 11 is 5.85. The quantitative estimate of drug-likeness (QED) is 0.442. The number of benzene rings is 2. The van der Waals surface area contributed by atoms with E-state index in [0.717, 1.165) is 5.56 Å². The average Bonchev–Trinajstić information content (AvgIpc) is 2.94. The standard InChI is InChI=1S/C20H17ClN2O3/c1-26-12-4-6-14-15(10-12)19(24)17-13-5-3-11(22)9-16(13)20(25)23(18(14)17)8-2-7-21/h3-6,9-10H,2,7-8,22H2,1H3. The number of alkyl halides is 1. The summed E-state index contributed by atoms with van der Waals surface area (Å²) in [5, 5.41) is 1.08. The lowest BCUT2D eigenvalue weighted by Gasteiger charge is -2.15. The number of carbonyl (C=O) groups excluding carboxylic acids is 1. The Balaban J connectivity index is 2.12. The summed E-state index contributed by atoms with van der Waals surface area (Å²) in [5.74, 6) is 0.927. The lowest BCUT2D eigenvalue weighted by molar-refractivity contribution is 0.104. The number of halogens is 1. The van der Waals surface area contributed by atoms with E-state index >= 15 is 0 Å². The van der Waals surface area contributed by atoms with Gasteiger partial charge in [-0.15, -0.1) is 11.6 Å². The molecule has 0 unspecified atom stereocenters. The second-order valence-electron chi connectivity index (χ2n) is 6.27. The minimum absolute atomic E-state index is 0.108. The zero-order valence-corrected chi connectivity index (χ0v) is 15.0. The number of fused-ring (bicyclic) bond motifs is 5. The Morgan fingerprint density at radius 3 is 2.62 bits per heavy atom. The number of nitrogens with two attached hydrogens (primary N) is 1. The first-order valence-electron chi connectivity index (χ1n) is 8.32. The van der Waals surface area contributed by atoms with Crippen molar-refractivity contribution in [3.63, 3.8) is 0 Å². The predicted octanol–water partition coefficient (Wildman–Crippen LogP) is 3.43. The number of nitrogen functional groups attached to an aromatic ring is 1. The first-order valence-corrected chi connectivity index (χ1v) is 8.85. The Morgan fingerprint density at radius 1 is 1.08 bits per heavy atom. The zero-order valence-electron chi connectivity index (χ0n) is 14.2. The van der Waals surface area contributed by atoms with Gasteiger partial charge in [-0.1, -0.05) is 6.07 Å². The highest BCUT2D eigenvalue weighted by molar-refractivity contribution is 6.27. The lowest BCUT2D eigenvalue weighted by atomic mass is 10.0. The molecule has 1 aliphatic rings. The van der Waals surface area contributed by atoms with Crippen molar-refractivity contribution in [3.05, 3.63) is 57.9 Å². The number of anilines is 1. The van der Waals surface area contributed by atoms with Crippen LogP contribution in [0.3, 0.4) is 0 Å². The summed E-state index contributed by atoms with van der Waals surface area (Å²) in [6.07, 6.45) is 0.626. The maximum atomic E-state index is 13.2. The molecule has 2 aromatic carbocycles. The predicted molar refractivity (Wildman–Crippen MR) is 103 cm³/mol. The van der Waals surface area contributed by atoms with Gasteiger partial charge >= 0.3 is 0 Å². The van der Waals surface area contributed by atoms with Gasteiger partial charge in [0.05, 0.1) is 18.4 Å². The molecule has 0 radical (unpaired) electrons. The van der Waals surface area contributed by atoms with Crippen LogP contribution in [0.4, 0.5) is 5.69 Å². The van der Waals surface area contributed by atoms with Crippen molar-refractivity contribution in [1.29, 1.82) is 0 Å². The van der Waals surface area contributed by atoms with Crippen LogP contribution in [-0.2, 0) is 6.54 Å². The Kier molecular flexibility index (Phi) is 3.96. The number of aromatic nitrogens is 1. The smallest absolute Gasteiger partial charge is 0.259 e. The van der Waals surface area contributed by atoms with E-state index in [1.165, 1.54) is 0 Å². The Labute approximate surface area is 154 Å². The number of hydrogen-bond acceptors (Lipinski definition) is 4. The fourth-order valence-corrected chi connectivity index (χ4v) is 3.71. The number of methoxy groups -OCH3 is 1. The molecule has 0 aliphatic heterocycles. The number of carbonyl (C=O) groups is 1. The van der Waals surface area contributed by atoms with Crippen molar-refractivity contribution >= 4 is 33.8 Å². The number of ether oxygens (including phenoxy) is 1. The molecular formula is C20H17ClN2O3. The van der Waals surface area contributed by atoms with Crippen LogP contribution >= 0.6 is 11.6 Å². The van der Waals surface area contributed by atoms with E-state index in [2.05, 4.69) is 0 Å². The SMILES string of the molecule is COc1ccc2c(c1)C(=O)c1c-2n(CCCCl)c(=O)c2cc(N)ccc12. The Morgan fingerprint density at radius 2 is 1.88 bits per heavy atom. The van der Waals surface area contributed by atoms with Crippen LogP contribution in [0.15, 0.2) is 41.2 Å². The van der Waals surface area contributed by atoms with E-state index in [0.29, 0.717) is 57.9 Å². The Bertz CT molecular complexity index is 1120. The lowest BCUT2D eigenvalue weighted by Crippen LogP contribution is -2.23. The van der Waals surface area contributed by atoms with Crippen molar-refractivity contribution in [2.24, 2.45) is 0 Å². The summed E-state index contributed by atoms with van der Waals surface area (Å²) in [5.41, 5.74) is 8.69. The third kappa shape index (κ3) is 2.31. The molecule has 0 spiro atoms. The van der Waals surface area contributed by atoms with Gasteiger partial charge in [-0.3, -0.25) is 9.59 Å². The summed E-state index contributed by atoms with van der Waals surface area (Å²) in [6.45, 7) is 0.439. The third-order valence-corrected chi connectivity index (χ3v) is 5.03. The van der Waals surface area contributed by atoms with Crippen LogP contribution in [0.25, 0.3) is 22.0 Å². The maximum Gasteiger partial charge on any atom is 0.259 e. The van der Waals surface area contributed by atoms with Crippen molar-refractivity contribution in [1.82, 2.24) is 4.57 Å². The van der Waals surface area contributed by atoms with Gasteiger partial charge in [0.1, 0.15) is 5.75 Å². The van der Waals surface area contributed by atoms with Crippen LogP contribution in [0.1, 0.15) is 22.3 Å². The zero-order chi connectivity index (χ0) is 18.4. The highest BCUT2D eigenvalue weighted by atomic mass is 35.5. The van der Waals surface area contributed by atoms with Gasteiger partial charge in [0.25, 0.3) is 5.56 Å². The van der Waals surface area contributed by atoms with Gasteiger partial charge in [0.2, 0.25) is 0 Å². The molecule has 0 fully saturated rings. The number of nitrogens with zero attached hydrogens (tertiary/aromatic N) is 1. The molecule has 1 aliphatic carbocycles. The summed E-state index contributed by atoms with van der Waals surface area (Å²) in [4.78, 5) is 26.3. The van der Waals surface area contributed by atoms with E-state index < -0.39 is 0 Å². The maximum absolute atomic E-state index is 13.2. The molecule has 0 saturated heterocycles. The van der Waals surface area contributed by atoms with Gasteiger partial charge < -0.3 is 15.0 Å². The average molecular weight is 369 g/mol. The van der Waals surface area contributed by atoms with E-state index in [1.807, 2.05) is 6.07 Å². The molecule has 132 valence electrons. The molecule has 1 heterocycles. The molecule has 0 bridgehead atoms. The van der Waals surface area contributed by atoms with Crippen LogP contribution in [0, 0.1) is 0 Å². The van der Waals surface area contributed by atoms with Gasteiger partial charge in [-0.05, 0) is 36.8 Å². The highest BCUT2D eigenvalue weighted by Gasteiger charge is 2.32. The first kappa shape index (κ1) is 16.7. The van der Waals surface area contributed by atoms with Crippen molar-refractivity contribution < 1.29 is 9.53 Å². The monoisotopic (exact) mass is 368 g/mol. The molecule has 2 N–H and O–H groups in total. The molecule has 4 rings (SSSR count). The molecular weight excluding hydrogens is 352 g/mol. The normalized spacial score (nSPS) is 12.3. The van der Waals surface area contributed by atoms with Gasteiger partial charge in [-0.25, -0.2) is 0 Å². The van der Waals surface area contributed by atoms with E-state index in [-0.39, 0.29) is 11.3 Å². The fraction of sp³-hybridized carbons (Fsp3) is 0.200. The molecule has 0 saturated carbocycles. The van der Waals surface area contributed by atoms with Gasteiger partial charge in [-0.2, -0.15) is 0 Å². The summed E-state index contributed by atoms with van der Waals surface area (Å²) in [6, 6.07) is 10.4. The molecule has 26 heavy (non-hydrogen) atoms. The molecule has 3 aromatic rings. The topological polar surface area (TPSA) is 74.3 Å². The van der Waals surface area contributed by atoms with E-state index in [9.17, 15) is 9.59 Å². The minimum atomic E-state index is -0.160. The van der Waals surface area contributed by atoms with Crippen LogP contribution < -0.4 is 16.0 Å². The van der Waals surface area contributed by atoms with Crippen molar-refractivity contribution in [2.75, 3.05) is 18.7 Å². The summed E-state index contributed by atoms with van der Waals surface area (Å²) < 4.78 is 6.90. The van der Waals surface area contributed by atoms with Gasteiger partial charge in [0.15, 0.2) is 5.78 Å². The molecule has 6 heteroatoms. The highest BCUT2D eigenvalue weighted by Crippen LogP contribution is 2.41. The number of ketones is 1. The first-order chi connectivity index (χ1) is 12.6. The third-order valence-electron chi connectivity index (χ3n) is 4.76. The van der Waals surface area contributed by atoms with Crippen LogP contribution in [0.2, 0.25) is 0 Å². The number of pyridine rings is 1. The molecule has 0 atom stereocenters. The van der Waals surface area contributed by atoms with E-state index in [1.54, 1.807) is 42.0 Å². The number of rotatable bonds is 4. The van der Waals surface area contributed by atoms with E-state index in [4.69, 9.17) is 22.1 Å². The van der Waals surface area contributed by atoms with Crippen molar-refractivity contribution in [3.8, 4) is 17.0 Å². The largest absolute Gasteiger partial charge is 0.497 e. The molecule has 0 amide bonds. The van der Waals surface area contributed by atoms with Crippen LogP contribution in [-0.4, -0.2) is 23.3 Å². The number of hydrogen-bond donors (Lipinski definition) is 1. The second kappa shape index (κ2) is 6.18. The van der Waals surface area contributed by atoms with Gasteiger partial charge in [0, 0.05) is 40.0 Å². The molecule has 5 nitrogen and oxygen atoms in total. The molecule has 1 aromatic heterocycles. The fourth-order valence-electron chi connectivity index (χ4n) is 3.59.